The van der Waals surface area contributed by atoms with Crippen LogP contribution in [0.25, 0.3) is 10.9 Å². The predicted molar refractivity (Wildman–Crippen MR) is 59.6 cm³/mol. The molecular formula is C8H2Cl4N2. The molecule has 72 valence electrons. The van der Waals surface area contributed by atoms with E-state index in [9.17, 15) is 0 Å². The van der Waals surface area contributed by atoms with E-state index in [4.69, 9.17) is 46.4 Å². The van der Waals surface area contributed by atoms with Gasteiger partial charge in [-0.3, -0.25) is 0 Å². The lowest BCUT2D eigenvalue weighted by atomic mass is 10.2. The molecule has 0 fully saturated rings. The highest BCUT2D eigenvalue weighted by atomic mass is 35.5. The molecule has 0 N–H and O–H groups in total. The van der Waals surface area contributed by atoms with E-state index in [2.05, 4.69) is 10.2 Å². The maximum atomic E-state index is 5.92. The minimum atomic E-state index is 0.137. The summed E-state index contributed by atoms with van der Waals surface area (Å²) in [5, 5.41) is 9.40. The van der Waals surface area contributed by atoms with Crippen LogP contribution in [-0.4, -0.2) is 10.2 Å². The van der Waals surface area contributed by atoms with Crippen LogP contribution in [0, 0.1) is 0 Å². The van der Waals surface area contributed by atoms with Crippen molar-refractivity contribution >= 4 is 57.3 Å². The topological polar surface area (TPSA) is 25.8 Å². The Morgan fingerprint density at radius 3 is 2.36 bits per heavy atom. The molecule has 0 atom stereocenters. The molecule has 1 heterocycles. The number of nitrogens with zero attached hydrogens (tertiary/aromatic N) is 2. The molecule has 0 amide bonds. The average molecular weight is 268 g/mol. The molecule has 0 aliphatic rings. The number of hydrogen-bond donors (Lipinski definition) is 0. The van der Waals surface area contributed by atoms with Crippen molar-refractivity contribution in [3.05, 3.63) is 32.4 Å². The molecule has 0 bridgehead atoms. The summed E-state index contributed by atoms with van der Waals surface area (Å²) in [6, 6.07) is 3.22. The molecule has 0 saturated heterocycles. The summed E-state index contributed by atoms with van der Waals surface area (Å²) < 4.78 is 0. The Hall–Kier alpha value is -0.280. The molecule has 1 aromatic heterocycles. The van der Waals surface area contributed by atoms with Crippen molar-refractivity contribution < 1.29 is 0 Å². The number of hydrogen-bond acceptors (Lipinski definition) is 2. The van der Waals surface area contributed by atoms with Gasteiger partial charge in [0.25, 0.3) is 0 Å². The van der Waals surface area contributed by atoms with E-state index in [1.807, 2.05) is 0 Å². The van der Waals surface area contributed by atoms with E-state index in [-0.39, 0.29) is 5.15 Å². The maximum absolute atomic E-state index is 5.92. The van der Waals surface area contributed by atoms with E-state index in [1.165, 1.54) is 0 Å². The van der Waals surface area contributed by atoms with Gasteiger partial charge in [-0.1, -0.05) is 46.4 Å². The van der Waals surface area contributed by atoms with Crippen LogP contribution in [0.2, 0.25) is 20.2 Å². The van der Waals surface area contributed by atoms with Gasteiger partial charge in [-0.15, -0.1) is 10.2 Å². The lowest BCUT2D eigenvalue weighted by molar-refractivity contribution is 1.08. The lowest BCUT2D eigenvalue weighted by Crippen LogP contribution is -1.87. The van der Waals surface area contributed by atoms with Gasteiger partial charge in [0.05, 0.1) is 10.0 Å². The van der Waals surface area contributed by atoms with Crippen molar-refractivity contribution in [2.75, 3.05) is 0 Å². The summed E-state index contributed by atoms with van der Waals surface area (Å²) in [6.45, 7) is 0. The quantitative estimate of drug-likeness (QED) is 0.713. The molecule has 2 aromatic rings. The molecule has 0 aliphatic heterocycles. The first-order valence-electron chi connectivity index (χ1n) is 3.56. The van der Waals surface area contributed by atoms with Crippen molar-refractivity contribution in [1.29, 1.82) is 0 Å². The number of benzene rings is 1. The van der Waals surface area contributed by atoms with Crippen molar-refractivity contribution in [3.8, 4) is 0 Å². The second kappa shape index (κ2) is 3.70. The van der Waals surface area contributed by atoms with Gasteiger partial charge in [0.1, 0.15) is 5.52 Å². The summed E-state index contributed by atoms with van der Waals surface area (Å²) in [4.78, 5) is 0. The summed E-state index contributed by atoms with van der Waals surface area (Å²) >= 11 is 23.3. The fourth-order valence-corrected chi connectivity index (χ4v) is 1.94. The summed E-state index contributed by atoms with van der Waals surface area (Å²) in [5.74, 6) is 0. The second-order valence-electron chi connectivity index (χ2n) is 2.59. The van der Waals surface area contributed by atoms with Crippen LogP contribution in [0.4, 0.5) is 0 Å². The Kier molecular flexibility index (Phi) is 2.71. The maximum Gasteiger partial charge on any atom is 0.170 e. The third kappa shape index (κ3) is 1.63. The zero-order valence-corrected chi connectivity index (χ0v) is 9.58. The smallest absolute Gasteiger partial charge is 0.147 e. The molecule has 2 nitrogen and oxygen atoms in total. The van der Waals surface area contributed by atoms with Crippen molar-refractivity contribution in [3.63, 3.8) is 0 Å². The van der Waals surface area contributed by atoms with Gasteiger partial charge >= 0.3 is 0 Å². The van der Waals surface area contributed by atoms with Gasteiger partial charge in [0, 0.05) is 10.4 Å². The van der Waals surface area contributed by atoms with E-state index in [0.717, 1.165) is 0 Å². The highest BCUT2D eigenvalue weighted by molar-refractivity contribution is 6.46. The Labute approximate surface area is 99.7 Å². The molecule has 6 heteroatoms. The zero-order valence-electron chi connectivity index (χ0n) is 6.56. The summed E-state index contributed by atoms with van der Waals surface area (Å²) in [5.41, 5.74) is 0.491. The highest BCUT2D eigenvalue weighted by Crippen LogP contribution is 2.33. The Bertz CT molecular complexity index is 512. The first-order valence-corrected chi connectivity index (χ1v) is 5.07. The first kappa shape index (κ1) is 10.2. The molecule has 14 heavy (non-hydrogen) atoms. The second-order valence-corrected chi connectivity index (χ2v) is 4.17. The third-order valence-corrected chi connectivity index (χ3v) is 2.93. The lowest BCUT2D eigenvalue weighted by Gasteiger charge is -2.02. The van der Waals surface area contributed by atoms with Crippen molar-refractivity contribution in [1.82, 2.24) is 10.2 Å². The average Bonchev–Trinajstić information content (AvgIpc) is 2.12. The minimum absolute atomic E-state index is 0.137. The van der Waals surface area contributed by atoms with Crippen LogP contribution >= 0.6 is 46.4 Å². The zero-order chi connectivity index (χ0) is 10.3. The van der Waals surface area contributed by atoms with Gasteiger partial charge in [-0.25, -0.2) is 0 Å². The summed E-state index contributed by atoms with van der Waals surface area (Å²) in [6.07, 6.45) is 0. The molecular weight excluding hydrogens is 266 g/mol. The van der Waals surface area contributed by atoms with Crippen LogP contribution < -0.4 is 0 Å². The fraction of sp³-hybridized carbons (Fsp3) is 0. The standard InChI is InChI=1S/C8H2Cl4N2/c9-3-1-4-6(11)8(12)14-13-7(4)5(10)2-3/h1-2H. The van der Waals surface area contributed by atoms with E-state index < -0.39 is 0 Å². The Balaban J connectivity index is 2.95. The van der Waals surface area contributed by atoms with Crippen LogP contribution in [0.1, 0.15) is 0 Å². The number of aromatic nitrogens is 2. The Morgan fingerprint density at radius 2 is 1.64 bits per heavy atom. The van der Waals surface area contributed by atoms with Crippen molar-refractivity contribution in [2.45, 2.75) is 0 Å². The first-order chi connectivity index (χ1) is 6.59. The highest BCUT2D eigenvalue weighted by Gasteiger charge is 2.10. The van der Waals surface area contributed by atoms with Crippen molar-refractivity contribution in [2.24, 2.45) is 0 Å². The van der Waals surface area contributed by atoms with Crippen LogP contribution in [0.15, 0.2) is 12.1 Å². The summed E-state index contributed by atoms with van der Waals surface area (Å²) in [7, 11) is 0. The monoisotopic (exact) mass is 266 g/mol. The van der Waals surface area contributed by atoms with Gasteiger partial charge in [-0.2, -0.15) is 0 Å². The van der Waals surface area contributed by atoms with E-state index in [1.54, 1.807) is 12.1 Å². The predicted octanol–water partition coefficient (Wildman–Crippen LogP) is 4.24. The molecule has 0 aliphatic carbocycles. The van der Waals surface area contributed by atoms with Crippen LogP contribution in [0.5, 0.6) is 0 Å². The van der Waals surface area contributed by atoms with Gasteiger partial charge in [-0.05, 0) is 12.1 Å². The molecule has 2 rings (SSSR count). The molecule has 0 radical (unpaired) electrons. The van der Waals surface area contributed by atoms with Crippen LogP contribution in [0.3, 0.4) is 0 Å². The largest absolute Gasteiger partial charge is 0.170 e. The van der Waals surface area contributed by atoms with Crippen LogP contribution in [-0.2, 0) is 0 Å². The van der Waals surface area contributed by atoms with Gasteiger partial charge in [0.2, 0.25) is 0 Å². The van der Waals surface area contributed by atoms with E-state index >= 15 is 0 Å². The molecule has 0 spiro atoms. The van der Waals surface area contributed by atoms with Gasteiger partial charge < -0.3 is 0 Å². The number of rotatable bonds is 0. The molecule has 0 saturated carbocycles. The fourth-order valence-electron chi connectivity index (χ4n) is 1.08. The van der Waals surface area contributed by atoms with Gasteiger partial charge in [0.15, 0.2) is 5.15 Å². The normalized spacial score (nSPS) is 10.9. The third-order valence-electron chi connectivity index (χ3n) is 1.68. The molecule has 0 unspecified atom stereocenters. The minimum Gasteiger partial charge on any atom is -0.147 e. The Morgan fingerprint density at radius 1 is 0.929 bits per heavy atom. The molecule has 1 aromatic carbocycles. The van der Waals surface area contributed by atoms with E-state index in [0.29, 0.717) is 26.0 Å². The number of fused-ring (bicyclic) bond motifs is 1. The SMILES string of the molecule is Clc1cc(Cl)c2nnc(Cl)c(Cl)c2c1. The number of halogens is 4.